The van der Waals surface area contributed by atoms with Crippen LogP contribution in [-0.2, 0) is 10.6 Å². The van der Waals surface area contributed by atoms with Gasteiger partial charge in [-0.25, -0.2) is 4.98 Å². The highest BCUT2D eigenvalue weighted by atomic mass is 35.5. The zero-order valence-electron chi connectivity index (χ0n) is 12.6. The Balaban J connectivity index is 2.10. The van der Waals surface area contributed by atoms with Crippen LogP contribution in [0, 0.1) is 0 Å². The standard InChI is InChI=1S/C15H20ClN3O2/c1-15(2)8-10(6-7-21-15)19-12(9-16)17-11-4-5-13(20-3)18-14(11)19/h4-5,10H,6-9H2,1-3H3. The van der Waals surface area contributed by atoms with Gasteiger partial charge in [-0.1, -0.05) is 0 Å². The number of nitrogens with zero attached hydrogens (tertiary/aromatic N) is 3. The molecule has 0 amide bonds. The molecule has 0 radical (unpaired) electrons. The van der Waals surface area contributed by atoms with Crippen LogP contribution < -0.4 is 4.74 Å². The fourth-order valence-corrected chi connectivity index (χ4v) is 3.20. The molecule has 1 atom stereocenters. The van der Waals surface area contributed by atoms with Crippen molar-refractivity contribution in [2.24, 2.45) is 0 Å². The molecule has 3 heterocycles. The Bertz CT molecular complexity index is 654. The van der Waals surface area contributed by atoms with Crippen molar-refractivity contribution in [3.05, 3.63) is 18.0 Å². The van der Waals surface area contributed by atoms with Crippen molar-refractivity contribution in [2.75, 3.05) is 13.7 Å². The number of alkyl halides is 1. The maximum Gasteiger partial charge on any atom is 0.215 e. The molecule has 6 heteroatoms. The van der Waals surface area contributed by atoms with Crippen LogP contribution in [0.25, 0.3) is 11.2 Å². The van der Waals surface area contributed by atoms with Crippen molar-refractivity contribution in [3.63, 3.8) is 0 Å². The molecule has 2 aromatic rings. The van der Waals surface area contributed by atoms with Crippen molar-refractivity contribution in [1.82, 2.24) is 14.5 Å². The molecule has 1 aliphatic rings. The van der Waals surface area contributed by atoms with Crippen molar-refractivity contribution in [2.45, 2.75) is 44.2 Å². The lowest BCUT2D eigenvalue weighted by atomic mass is 9.93. The molecule has 1 aliphatic heterocycles. The second-order valence-corrected chi connectivity index (χ2v) is 6.25. The Morgan fingerprint density at radius 1 is 1.43 bits per heavy atom. The average Bonchev–Trinajstić information content (AvgIpc) is 2.83. The fraction of sp³-hybridized carbons (Fsp3) is 0.600. The highest BCUT2D eigenvalue weighted by molar-refractivity contribution is 6.16. The van der Waals surface area contributed by atoms with Crippen LogP contribution in [0.3, 0.4) is 0 Å². The summed E-state index contributed by atoms with van der Waals surface area (Å²) in [5.74, 6) is 1.82. The van der Waals surface area contributed by atoms with Gasteiger partial charge in [0, 0.05) is 18.7 Å². The molecule has 3 rings (SSSR count). The van der Waals surface area contributed by atoms with E-state index in [1.807, 2.05) is 12.1 Å². The molecule has 0 saturated carbocycles. The molecule has 21 heavy (non-hydrogen) atoms. The molecule has 1 unspecified atom stereocenters. The third-order valence-corrected chi connectivity index (χ3v) is 4.19. The van der Waals surface area contributed by atoms with Gasteiger partial charge in [0.25, 0.3) is 0 Å². The van der Waals surface area contributed by atoms with E-state index in [4.69, 9.17) is 21.1 Å². The summed E-state index contributed by atoms with van der Waals surface area (Å²) in [6.45, 7) is 4.97. The summed E-state index contributed by atoms with van der Waals surface area (Å²) in [6, 6.07) is 4.05. The maximum absolute atomic E-state index is 6.09. The summed E-state index contributed by atoms with van der Waals surface area (Å²) < 4.78 is 13.2. The monoisotopic (exact) mass is 309 g/mol. The van der Waals surface area contributed by atoms with Crippen LogP contribution in [0.15, 0.2) is 12.1 Å². The highest BCUT2D eigenvalue weighted by Gasteiger charge is 2.32. The molecule has 0 aromatic carbocycles. The van der Waals surface area contributed by atoms with Crippen molar-refractivity contribution < 1.29 is 9.47 Å². The molecule has 0 spiro atoms. The van der Waals surface area contributed by atoms with Gasteiger partial charge in [0.2, 0.25) is 5.88 Å². The molecule has 1 fully saturated rings. The molecule has 5 nitrogen and oxygen atoms in total. The summed E-state index contributed by atoms with van der Waals surface area (Å²) in [6.07, 6.45) is 1.86. The average molecular weight is 310 g/mol. The lowest BCUT2D eigenvalue weighted by molar-refractivity contribution is -0.0688. The largest absolute Gasteiger partial charge is 0.481 e. The van der Waals surface area contributed by atoms with Gasteiger partial charge < -0.3 is 14.0 Å². The predicted molar refractivity (Wildman–Crippen MR) is 81.9 cm³/mol. The SMILES string of the molecule is COc1ccc2nc(CCl)n(C3CCOC(C)(C)C3)c2n1. The molecule has 0 aliphatic carbocycles. The Labute approximate surface area is 129 Å². The Morgan fingerprint density at radius 3 is 2.90 bits per heavy atom. The molecular formula is C15H20ClN3O2. The molecule has 114 valence electrons. The summed E-state index contributed by atoms with van der Waals surface area (Å²) in [7, 11) is 1.62. The smallest absolute Gasteiger partial charge is 0.215 e. The first-order chi connectivity index (χ1) is 10.0. The first-order valence-corrected chi connectivity index (χ1v) is 7.69. The van der Waals surface area contributed by atoms with E-state index in [1.54, 1.807) is 7.11 Å². The molecule has 2 aromatic heterocycles. The van der Waals surface area contributed by atoms with Gasteiger partial charge in [-0.05, 0) is 32.8 Å². The van der Waals surface area contributed by atoms with E-state index in [1.165, 1.54) is 0 Å². The molecule has 0 bridgehead atoms. The fourth-order valence-electron chi connectivity index (χ4n) is 3.02. The number of rotatable bonds is 3. The zero-order valence-corrected chi connectivity index (χ0v) is 13.4. The predicted octanol–water partition coefficient (Wildman–Crippen LogP) is 3.31. The van der Waals surface area contributed by atoms with Gasteiger partial charge in [-0.2, -0.15) is 4.98 Å². The van der Waals surface area contributed by atoms with Gasteiger partial charge in [0.05, 0.1) is 18.6 Å². The van der Waals surface area contributed by atoms with Crippen LogP contribution in [0.1, 0.15) is 38.6 Å². The van der Waals surface area contributed by atoms with Gasteiger partial charge in [-0.15, -0.1) is 11.6 Å². The zero-order chi connectivity index (χ0) is 15.0. The van der Waals surface area contributed by atoms with Gasteiger partial charge >= 0.3 is 0 Å². The third kappa shape index (κ3) is 2.72. The first kappa shape index (κ1) is 14.6. The van der Waals surface area contributed by atoms with E-state index in [0.29, 0.717) is 17.8 Å². The van der Waals surface area contributed by atoms with Crippen LogP contribution >= 0.6 is 11.6 Å². The second kappa shape index (κ2) is 5.46. The number of hydrogen-bond donors (Lipinski definition) is 0. The molecule has 1 saturated heterocycles. The Kier molecular flexibility index (Phi) is 3.80. The lowest BCUT2D eigenvalue weighted by Crippen LogP contribution is -2.35. The maximum atomic E-state index is 6.09. The number of ether oxygens (including phenoxy) is 2. The van der Waals surface area contributed by atoms with Crippen LogP contribution in [0.5, 0.6) is 5.88 Å². The van der Waals surface area contributed by atoms with E-state index in [9.17, 15) is 0 Å². The van der Waals surface area contributed by atoms with Crippen LogP contribution in [0.4, 0.5) is 0 Å². The molecule has 0 N–H and O–H groups in total. The quantitative estimate of drug-likeness (QED) is 0.816. The number of hydrogen-bond acceptors (Lipinski definition) is 4. The van der Waals surface area contributed by atoms with E-state index in [2.05, 4.69) is 28.4 Å². The van der Waals surface area contributed by atoms with Crippen molar-refractivity contribution in [3.8, 4) is 5.88 Å². The number of pyridine rings is 1. The third-order valence-electron chi connectivity index (χ3n) is 3.95. The summed E-state index contributed by atoms with van der Waals surface area (Å²) in [5, 5.41) is 0. The Hall–Kier alpha value is -1.33. The second-order valence-electron chi connectivity index (χ2n) is 5.98. The van der Waals surface area contributed by atoms with E-state index in [0.717, 1.165) is 36.4 Å². The van der Waals surface area contributed by atoms with E-state index < -0.39 is 0 Å². The number of aromatic nitrogens is 3. The van der Waals surface area contributed by atoms with Crippen LogP contribution in [-0.4, -0.2) is 33.9 Å². The van der Waals surface area contributed by atoms with Crippen LogP contribution in [0.2, 0.25) is 0 Å². The van der Waals surface area contributed by atoms with Crippen molar-refractivity contribution >= 4 is 22.8 Å². The number of fused-ring (bicyclic) bond motifs is 1. The topological polar surface area (TPSA) is 49.2 Å². The Morgan fingerprint density at radius 2 is 2.24 bits per heavy atom. The first-order valence-electron chi connectivity index (χ1n) is 7.16. The van der Waals surface area contributed by atoms with Gasteiger partial charge in [-0.3, -0.25) is 0 Å². The minimum absolute atomic E-state index is 0.137. The summed E-state index contributed by atoms with van der Waals surface area (Å²) >= 11 is 6.09. The van der Waals surface area contributed by atoms with E-state index in [-0.39, 0.29) is 5.60 Å². The van der Waals surface area contributed by atoms with Gasteiger partial charge in [0.1, 0.15) is 11.3 Å². The normalized spacial score (nSPS) is 21.6. The van der Waals surface area contributed by atoms with Crippen molar-refractivity contribution in [1.29, 1.82) is 0 Å². The minimum atomic E-state index is -0.137. The minimum Gasteiger partial charge on any atom is -0.481 e. The lowest BCUT2D eigenvalue weighted by Gasteiger charge is -2.36. The molecular weight excluding hydrogens is 290 g/mol. The number of imidazole rings is 1. The number of halogens is 1. The van der Waals surface area contributed by atoms with E-state index >= 15 is 0 Å². The number of methoxy groups -OCH3 is 1. The highest BCUT2D eigenvalue weighted by Crippen LogP contribution is 2.35. The summed E-state index contributed by atoms with van der Waals surface area (Å²) in [5.41, 5.74) is 1.56. The van der Waals surface area contributed by atoms with Gasteiger partial charge in [0.15, 0.2) is 5.65 Å². The summed E-state index contributed by atoms with van der Waals surface area (Å²) in [4.78, 5) is 9.17.